The van der Waals surface area contributed by atoms with E-state index in [1.165, 1.54) is 6.07 Å². The molecule has 0 heterocycles. The molecule has 5 nitrogen and oxygen atoms in total. The first kappa shape index (κ1) is 24.4. The van der Waals surface area contributed by atoms with E-state index in [1.54, 1.807) is 26.1 Å². The van der Waals surface area contributed by atoms with Gasteiger partial charge in [-0.2, -0.15) is 8.78 Å². The van der Waals surface area contributed by atoms with Gasteiger partial charge in [0, 0.05) is 27.2 Å². The summed E-state index contributed by atoms with van der Waals surface area (Å²) in [6.45, 7) is 4.34. The van der Waals surface area contributed by atoms with Gasteiger partial charge in [-0.3, -0.25) is 4.99 Å². The number of ether oxygens (including phenoxy) is 2. The fourth-order valence-electron chi connectivity index (χ4n) is 2.27. The van der Waals surface area contributed by atoms with E-state index >= 15 is 0 Å². The van der Waals surface area contributed by atoms with Gasteiger partial charge in [-0.25, -0.2) is 0 Å². The highest BCUT2D eigenvalue weighted by Crippen LogP contribution is 2.29. The van der Waals surface area contributed by atoms with E-state index in [2.05, 4.69) is 21.6 Å². The Labute approximate surface area is 171 Å². The number of unbranched alkanes of at least 4 members (excludes halogenated alkanes) is 1. The lowest BCUT2D eigenvalue weighted by Gasteiger charge is -2.22. The molecule has 1 aromatic carbocycles. The van der Waals surface area contributed by atoms with Gasteiger partial charge in [0.05, 0.1) is 6.61 Å². The predicted octanol–water partition coefficient (Wildman–Crippen LogP) is 4.28. The fourth-order valence-corrected chi connectivity index (χ4v) is 2.27. The van der Waals surface area contributed by atoms with E-state index < -0.39 is 6.61 Å². The van der Waals surface area contributed by atoms with Crippen LogP contribution in [0.4, 0.5) is 8.78 Å². The maximum atomic E-state index is 12.4. The Morgan fingerprint density at radius 3 is 2.69 bits per heavy atom. The van der Waals surface area contributed by atoms with Crippen LogP contribution < -0.4 is 14.8 Å². The number of guanidine groups is 1. The summed E-state index contributed by atoms with van der Waals surface area (Å²) >= 11 is 0. The number of nitrogens with zero attached hydrogens (tertiary/aromatic N) is 2. The molecule has 0 fully saturated rings. The molecule has 0 bridgehead atoms. The highest BCUT2D eigenvalue weighted by atomic mass is 127. The van der Waals surface area contributed by atoms with Gasteiger partial charge in [-0.05, 0) is 37.5 Å². The number of hydrogen-bond acceptors (Lipinski definition) is 3. The minimum atomic E-state index is -2.88. The summed E-state index contributed by atoms with van der Waals surface area (Å²) in [6, 6.07) is 4.90. The number of aliphatic imine (C=N–C) groups is 1. The first-order valence-electron chi connectivity index (χ1n) is 8.25. The monoisotopic (exact) mass is 483 g/mol. The number of allylic oxidation sites excluding steroid dienone is 1. The number of hydrogen-bond donors (Lipinski definition) is 1. The normalized spacial score (nSPS) is 10.9. The summed E-state index contributed by atoms with van der Waals surface area (Å²) < 4.78 is 34.7. The molecule has 0 aromatic heterocycles. The Hall–Kier alpha value is -1.58. The number of rotatable bonds is 10. The van der Waals surface area contributed by atoms with E-state index in [4.69, 9.17) is 4.74 Å². The van der Waals surface area contributed by atoms with Crippen LogP contribution in [0.25, 0.3) is 0 Å². The number of halogens is 3. The van der Waals surface area contributed by atoms with Crippen LogP contribution in [0.1, 0.15) is 25.3 Å². The van der Waals surface area contributed by atoms with Gasteiger partial charge in [0.15, 0.2) is 17.5 Å². The Morgan fingerprint density at radius 1 is 1.38 bits per heavy atom. The molecule has 0 atom stereocenters. The molecule has 1 N–H and O–H groups in total. The zero-order valence-corrected chi connectivity index (χ0v) is 17.8. The third-order valence-electron chi connectivity index (χ3n) is 3.45. The summed E-state index contributed by atoms with van der Waals surface area (Å²) in [5.74, 6) is 1.10. The third kappa shape index (κ3) is 8.68. The lowest BCUT2D eigenvalue weighted by Crippen LogP contribution is -2.38. The molecule has 0 saturated carbocycles. The van der Waals surface area contributed by atoms with Crippen LogP contribution in [-0.2, 0) is 6.54 Å². The van der Waals surface area contributed by atoms with E-state index in [9.17, 15) is 8.78 Å². The SMILES string of the molecule is C=CCCCN(C)C(=NC)NCc1ccc(OC(F)F)c(OCC)c1.I. The molecule has 0 spiro atoms. The van der Waals surface area contributed by atoms with Crippen molar-refractivity contribution in [3.63, 3.8) is 0 Å². The number of alkyl halides is 2. The van der Waals surface area contributed by atoms with Crippen LogP contribution >= 0.6 is 24.0 Å². The summed E-state index contributed by atoms with van der Waals surface area (Å²) in [7, 11) is 3.68. The molecular weight excluding hydrogens is 455 g/mol. The zero-order chi connectivity index (χ0) is 18.7. The van der Waals surface area contributed by atoms with Gasteiger partial charge in [-0.1, -0.05) is 12.1 Å². The van der Waals surface area contributed by atoms with Crippen LogP contribution in [0.5, 0.6) is 11.5 Å². The molecule has 0 amide bonds. The molecule has 0 aliphatic heterocycles. The van der Waals surface area contributed by atoms with Crippen molar-refractivity contribution in [2.75, 3.05) is 27.2 Å². The van der Waals surface area contributed by atoms with Crippen LogP contribution in [0.15, 0.2) is 35.8 Å². The Morgan fingerprint density at radius 2 is 2.12 bits per heavy atom. The van der Waals surface area contributed by atoms with Crippen molar-refractivity contribution in [2.24, 2.45) is 4.99 Å². The molecule has 0 unspecified atom stereocenters. The molecule has 0 radical (unpaired) electrons. The largest absolute Gasteiger partial charge is 0.490 e. The topological polar surface area (TPSA) is 46.1 Å². The van der Waals surface area contributed by atoms with Gasteiger partial charge in [-0.15, -0.1) is 30.6 Å². The molecule has 0 aliphatic rings. The second-order valence-corrected chi connectivity index (χ2v) is 5.35. The summed E-state index contributed by atoms with van der Waals surface area (Å²) in [5.41, 5.74) is 0.880. The van der Waals surface area contributed by atoms with Crippen molar-refractivity contribution in [1.82, 2.24) is 10.2 Å². The average Bonchev–Trinajstić information content (AvgIpc) is 2.57. The van der Waals surface area contributed by atoms with E-state index in [0.29, 0.717) is 18.9 Å². The molecule has 0 saturated heterocycles. The van der Waals surface area contributed by atoms with Crippen molar-refractivity contribution in [1.29, 1.82) is 0 Å². The lowest BCUT2D eigenvalue weighted by molar-refractivity contribution is -0.0514. The van der Waals surface area contributed by atoms with Crippen molar-refractivity contribution in [3.05, 3.63) is 36.4 Å². The average molecular weight is 483 g/mol. The predicted molar refractivity (Wildman–Crippen MR) is 112 cm³/mol. The molecule has 0 aliphatic carbocycles. The van der Waals surface area contributed by atoms with Crippen molar-refractivity contribution in [2.45, 2.75) is 32.9 Å². The van der Waals surface area contributed by atoms with E-state index in [1.807, 2.05) is 18.0 Å². The van der Waals surface area contributed by atoms with Crippen LogP contribution in [-0.4, -0.2) is 44.7 Å². The van der Waals surface area contributed by atoms with Crippen molar-refractivity contribution in [3.8, 4) is 11.5 Å². The first-order valence-corrected chi connectivity index (χ1v) is 8.25. The number of nitrogens with one attached hydrogen (secondary N) is 1. The summed E-state index contributed by atoms with van der Waals surface area (Å²) in [5, 5.41) is 3.25. The van der Waals surface area contributed by atoms with Crippen molar-refractivity contribution >= 4 is 29.9 Å². The minimum absolute atomic E-state index is 0. The molecular formula is C18H28F2IN3O2. The van der Waals surface area contributed by atoms with Gasteiger partial charge in [0.1, 0.15) is 0 Å². The third-order valence-corrected chi connectivity index (χ3v) is 3.45. The lowest BCUT2D eigenvalue weighted by atomic mass is 10.2. The van der Waals surface area contributed by atoms with E-state index in [-0.39, 0.29) is 29.7 Å². The van der Waals surface area contributed by atoms with Gasteiger partial charge >= 0.3 is 6.61 Å². The zero-order valence-electron chi connectivity index (χ0n) is 15.5. The Kier molecular flexibility index (Phi) is 12.8. The Balaban J connectivity index is 0.00000625. The first-order chi connectivity index (χ1) is 12.0. The molecule has 26 heavy (non-hydrogen) atoms. The van der Waals surface area contributed by atoms with Crippen LogP contribution in [0.2, 0.25) is 0 Å². The van der Waals surface area contributed by atoms with E-state index in [0.717, 1.165) is 30.9 Å². The summed E-state index contributed by atoms with van der Waals surface area (Å²) in [4.78, 5) is 6.28. The van der Waals surface area contributed by atoms with Crippen LogP contribution in [0, 0.1) is 0 Å². The van der Waals surface area contributed by atoms with Crippen molar-refractivity contribution < 1.29 is 18.3 Å². The quantitative estimate of drug-likeness (QED) is 0.178. The Bertz CT molecular complexity index is 571. The van der Waals surface area contributed by atoms with Gasteiger partial charge < -0.3 is 19.7 Å². The van der Waals surface area contributed by atoms with Gasteiger partial charge in [0.25, 0.3) is 0 Å². The standard InChI is InChI=1S/C18H27F2N3O2.HI/c1-5-7-8-11-23(4)18(21-3)22-13-14-9-10-15(25-17(19)20)16(12-14)24-6-2;/h5,9-10,12,17H,1,6-8,11,13H2,2-4H3,(H,21,22);1H. The number of benzene rings is 1. The maximum absolute atomic E-state index is 12.4. The molecule has 8 heteroatoms. The smallest absolute Gasteiger partial charge is 0.387 e. The molecule has 148 valence electrons. The summed E-state index contributed by atoms with van der Waals surface area (Å²) in [6.07, 6.45) is 3.84. The second kappa shape index (κ2) is 13.6. The van der Waals surface area contributed by atoms with Crippen LogP contribution in [0.3, 0.4) is 0 Å². The molecule has 1 aromatic rings. The van der Waals surface area contributed by atoms with Gasteiger partial charge in [0.2, 0.25) is 0 Å². The second-order valence-electron chi connectivity index (χ2n) is 5.35. The highest BCUT2D eigenvalue weighted by Gasteiger charge is 2.12. The highest BCUT2D eigenvalue weighted by molar-refractivity contribution is 14.0. The maximum Gasteiger partial charge on any atom is 0.387 e. The molecule has 1 rings (SSSR count). The minimum Gasteiger partial charge on any atom is -0.490 e. The fraction of sp³-hybridized carbons (Fsp3) is 0.500.